The lowest BCUT2D eigenvalue weighted by Crippen LogP contribution is -2.20. The largest absolute Gasteiger partial charge is 0.491 e. The van der Waals surface area contributed by atoms with Crippen LogP contribution >= 0.6 is 0 Å². The van der Waals surface area contributed by atoms with Gasteiger partial charge in [-0.3, -0.25) is 0 Å². The van der Waals surface area contributed by atoms with Gasteiger partial charge in [0, 0.05) is 20.3 Å². The van der Waals surface area contributed by atoms with Crippen LogP contribution < -0.4 is 4.74 Å². The van der Waals surface area contributed by atoms with Gasteiger partial charge in [-0.05, 0) is 212 Å². The normalized spacial score (nSPS) is 13.8. The van der Waals surface area contributed by atoms with E-state index in [1.807, 2.05) is 128 Å². The van der Waals surface area contributed by atoms with Gasteiger partial charge in [0.25, 0.3) is 0 Å². The van der Waals surface area contributed by atoms with Crippen LogP contribution in [-0.2, 0) is 57.5 Å². The molecule has 2 aliphatic carbocycles. The van der Waals surface area contributed by atoms with Gasteiger partial charge < -0.3 is 42.6 Å². The minimum absolute atomic E-state index is 0.0417. The Balaban J connectivity index is -0.000000908. The Morgan fingerprint density at radius 3 is 1.13 bits per heavy atom. The molecule has 6 rings (SSSR count). The van der Waals surface area contributed by atoms with Crippen LogP contribution in [0.3, 0.4) is 0 Å². The second kappa shape index (κ2) is 57.8. The first kappa shape index (κ1) is 86.6. The fourth-order valence-electron chi connectivity index (χ4n) is 7.83. The van der Waals surface area contributed by atoms with Crippen molar-refractivity contribution in [2.75, 3.05) is 26.9 Å². The van der Waals surface area contributed by atoms with E-state index >= 15 is 0 Å². The number of hydrogen-bond acceptors (Lipinski definition) is 9. The highest BCUT2D eigenvalue weighted by atomic mass is 16.5. The predicted octanol–water partition coefficient (Wildman–Crippen LogP) is 21.7. The Morgan fingerprint density at radius 1 is 0.407 bits per heavy atom. The second-order valence-corrected chi connectivity index (χ2v) is 25.4. The Morgan fingerprint density at radius 2 is 0.802 bits per heavy atom. The number of para-hydroxylation sites is 1. The summed E-state index contributed by atoms with van der Waals surface area (Å²) < 4.78 is 48.8. The molecule has 0 amide bonds. The Labute approximate surface area is 532 Å². The molecule has 498 valence electrons. The van der Waals surface area contributed by atoms with Crippen LogP contribution in [0.15, 0.2) is 121 Å². The van der Waals surface area contributed by atoms with E-state index in [0.717, 1.165) is 58.0 Å². The minimum Gasteiger partial charge on any atom is -0.491 e. The zero-order valence-corrected chi connectivity index (χ0v) is 59.9. The SMILES string of the molecule is CC(C)OC1CCCC1.CC(C)OC1CCCCC1.CC(C)OCCc1ccccc1.CC(C)OCc1ccccc1.CC(C)Oc1ccccc1.CCC(C)OCc1ccccc1.CCCOC(C)CCC.CCOC(C)(C)C.COC(C)(C)C. The molecule has 4 aromatic rings. The molecule has 2 fully saturated rings. The quantitative estimate of drug-likeness (QED) is 0.0721. The molecule has 2 atom stereocenters. The van der Waals surface area contributed by atoms with E-state index < -0.39 is 0 Å². The first-order chi connectivity index (χ1) is 40.7. The van der Waals surface area contributed by atoms with E-state index in [1.54, 1.807) is 7.11 Å². The lowest BCUT2D eigenvalue weighted by molar-refractivity contribution is -0.0118. The number of hydrogen-bond donors (Lipinski definition) is 0. The Hall–Kier alpha value is -3.64. The van der Waals surface area contributed by atoms with Crippen molar-refractivity contribution >= 4 is 0 Å². The highest BCUT2D eigenvalue weighted by Crippen LogP contribution is 2.22. The summed E-state index contributed by atoms with van der Waals surface area (Å²) in [6.07, 6.45) is 21.5. The standard InChI is InChI=1S/2C11H16O.C10H14O.C9H18O.C9H12O.C8H16O.C8H18O.C6H14O.C5H12O/c1-10(2)12-9-8-11-6-4-3-5-7-11;1-3-10(2)12-9-11-7-5-4-6-8-11;1-9(2)11-8-10-6-4-3-5-7-10;2*1-8(2)10-9-6-4-3-5-7-9;1-7(2)9-8-5-3-4-6-8;1-4-6-8(3)9-7-5-2;1-5-7-6(2,3)4;1-5(2,3)6-4/h3-7,10H,8-9H2,1-2H3;4-8,10H,3,9H2,1-2H3;3-7,9H,8H2,1-2H3;8-9H,3-7H2,1-2H3;3-8H,1-2H3;7-8H,3-6H2,1-2H3;8H,4-7H2,1-3H3;5H2,1-4H3;1-4H3. The van der Waals surface area contributed by atoms with Gasteiger partial charge in [-0.1, -0.05) is 168 Å². The summed E-state index contributed by atoms with van der Waals surface area (Å²) in [6.45, 7) is 49.6. The molecule has 0 bridgehead atoms. The van der Waals surface area contributed by atoms with Crippen LogP contribution in [0.2, 0.25) is 0 Å². The van der Waals surface area contributed by atoms with Crippen LogP contribution in [-0.4, -0.2) is 93.1 Å². The number of benzene rings is 4. The molecular weight excluding hydrogens is 1070 g/mol. The average Bonchev–Trinajstić information content (AvgIpc) is 4.07. The van der Waals surface area contributed by atoms with E-state index in [4.69, 9.17) is 42.6 Å². The third-order valence-electron chi connectivity index (χ3n) is 12.5. The van der Waals surface area contributed by atoms with Crippen molar-refractivity contribution in [3.8, 4) is 5.75 Å². The molecule has 0 radical (unpaired) electrons. The smallest absolute Gasteiger partial charge is 0.119 e. The molecule has 86 heavy (non-hydrogen) atoms. The van der Waals surface area contributed by atoms with Gasteiger partial charge in [-0.2, -0.15) is 0 Å². The zero-order valence-electron chi connectivity index (χ0n) is 59.9. The maximum Gasteiger partial charge on any atom is 0.119 e. The van der Waals surface area contributed by atoms with Crippen LogP contribution in [0.1, 0.15) is 252 Å². The third kappa shape index (κ3) is 66.3. The monoisotopic (exact) mass is 1210 g/mol. The number of methoxy groups -OCH3 is 1. The second-order valence-electron chi connectivity index (χ2n) is 25.4. The molecule has 0 aromatic heterocycles. The van der Waals surface area contributed by atoms with Crippen molar-refractivity contribution in [2.24, 2.45) is 0 Å². The van der Waals surface area contributed by atoms with Gasteiger partial charge >= 0.3 is 0 Å². The van der Waals surface area contributed by atoms with Crippen LogP contribution in [0, 0.1) is 0 Å². The lowest BCUT2D eigenvalue weighted by atomic mass is 9.98. The maximum absolute atomic E-state index is 5.69. The Kier molecular flexibility index (Phi) is 58.2. The molecule has 4 aromatic carbocycles. The van der Waals surface area contributed by atoms with Crippen molar-refractivity contribution < 1.29 is 42.6 Å². The van der Waals surface area contributed by atoms with Crippen molar-refractivity contribution in [2.45, 2.75) is 322 Å². The van der Waals surface area contributed by atoms with Crippen molar-refractivity contribution in [1.29, 1.82) is 0 Å². The molecule has 2 unspecified atom stereocenters. The molecule has 2 aliphatic rings. The van der Waals surface area contributed by atoms with Crippen LogP contribution in [0.5, 0.6) is 5.75 Å². The maximum atomic E-state index is 5.69. The minimum atomic E-state index is 0.0417. The van der Waals surface area contributed by atoms with Gasteiger partial charge in [-0.15, -0.1) is 0 Å². The topological polar surface area (TPSA) is 83.1 Å². The molecule has 0 spiro atoms. The summed E-state index contributed by atoms with van der Waals surface area (Å²) in [5.74, 6) is 0.942. The summed E-state index contributed by atoms with van der Waals surface area (Å²) in [5.41, 5.74) is 3.92. The van der Waals surface area contributed by atoms with E-state index in [9.17, 15) is 0 Å². The lowest BCUT2D eigenvalue weighted by Gasteiger charge is -2.23. The van der Waals surface area contributed by atoms with Crippen LogP contribution in [0.4, 0.5) is 0 Å². The Bertz CT molecular complexity index is 1920. The van der Waals surface area contributed by atoms with E-state index in [2.05, 4.69) is 145 Å². The number of rotatable bonds is 23. The van der Waals surface area contributed by atoms with Gasteiger partial charge in [0.1, 0.15) is 5.75 Å². The van der Waals surface area contributed by atoms with Crippen LogP contribution in [0.25, 0.3) is 0 Å². The highest BCUT2D eigenvalue weighted by Gasteiger charge is 2.16. The molecule has 2 saturated carbocycles. The van der Waals surface area contributed by atoms with Gasteiger partial charge in [0.15, 0.2) is 0 Å². The van der Waals surface area contributed by atoms with E-state index in [0.29, 0.717) is 48.8 Å². The molecule has 0 saturated heterocycles. The molecule has 0 aliphatic heterocycles. The number of ether oxygens (including phenoxy) is 9. The first-order valence-electron chi connectivity index (χ1n) is 33.5. The first-order valence-corrected chi connectivity index (χ1v) is 33.5. The van der Waals surface area contributed by atoms with E-state index in [-0.39, 0.29) is 17.3 Å². The van der Waals surface area contributed by atoms with E-state index in [1.165, 1.54) is 87.3 Å². The summed E-state index contributed by atoms with van der Waals surface area (Å²) in [6, 6.07) is 40.7. The van der Waals surface area contributed by atoms with Gasteiger partial charge in [0.2, 0.25) is 0 Å². The summed E-state index contributed by atoms with van der Waals surface area (Å²) >= 11 is 0. The molecule has 9 heteroatoms. The summed E-state index contributed by atoms with van der Waals surface area (Å²) in [5, 5.41) is 0. The van der Waals surface area contributed by atoms with Crippen molar-refractivity contribution in [3.05, 3.63) is 138 Å². The molecule has 9 nitrogen and oxygen atoms in total. The zero-order chi connectivity index (χ0) is 65.4. The molecule has 0 heterocycles. The third-order valence-corrected chi connectivity index (χ3v) is 12.5. The predicted molar refractivity (Wildman–Crippen MR) is 371 cm³/mol. The summed E-state index contributed by atoms with van der Waals surface area (Å²) in [4.78, 5) is 0. The fraction of sp³-hybridized carbons (Fsp3) is 0.688. The molecular formula is C77H136O9. The van der Waals surface area contributed by atoms with Gasteiger partial charge in [-0.25, -0.2) is 0 Å². The fourth-order valence-corrected chi connectivity index (χ4v) is 7.83. The van der Waals surface area contributed by atoms with Gasteiger partial charge in [0.05, 0.1) is 86.0 Å². The van der Waals surface area contributed by atoms with Crippen molar-refractivity contribution in [1.82, 2.24) is 0 Å². The average molecular weight is 1210 g/mol. The summed E-state index contributed by atoms with van der Waals surface area (Å²) in [7, 11) is 1.71. The highest BCUT2D eigenvalue weighted by molar-refractivity contribution is 5.21. The van der Waals surface area contributed by atoms with Crippen molar-refractivity contribution in [3.63, 3.8) is 0 Å². The molecule has 0 N–H and O–H groups in total.